The molecule has 0 amide bonds. The van der Waals surface area contributed by atoms with Crippen LogP contribution in [0.2, 0.25) is 0 Å². The van der Waals surface area contributed by atoms with E-state index in [-0.39, 0.29) is 42.5 Å². The van der Waals surface area contributed by atoms with Crippen LogP contribution in [0.5, 0.6) is 17.2 Å². The second-order valence-electron chi connectivity index (χ2n) is 8.87. The number of methoxy groups -OCH3 is 1. The molecular formula is C25H33O10. The van der Waals surface area contributed by atoms with Gasteiger partial charge in [-0.25, -0.2) is 4.79 Å². The van der Waals surface area contributed by atoms with Crippen LogP contribution in [-0.4, -0.2) is 66.1 Å². The zero-order valence-corrected chi connectivity index (χ0v) is 20.5. The fraction of sp³-hybridized carbons (Fsp3) is 0.520. The highest BCUT2D eigenvalue weighted by molar-refractivity contribution is 5.97. The number of aliphatic hydroxyl groups is 2. The third-order valence-electron chi connectivity index (χ3n) is 5.67. The highest BCUT2D eigenvalue weighted by Gasteiger charge is 2.44. The molecule has 1 aromatic carbocycles. The first-order chi connectivity index (χ1) is 16.5. The number of hydrogen-bond acceptors (Lipinski definition) is 9. The van der Waals surface area contributed by atoms with E-state index in [0.717, 1.165) is 0 Å². The van der Waals surface area contributed by atoms with E-state index in [1.165, 1.54) is 19.3 Å². The largest absolute Gasteiger partial charge is 0.478 e. The van der Waals surface area contributed by atoms with E-state index in [9.17, 15) is 20.1 Å². The first-order valence-corrected chi connectivity index (χ1v) is 11.3. The molecule has 0 bridgehead atoms. The molecule has 2 aliphatic rings. The van der Waals surface area contributed by atoms with Gasteiger partial charge in [0, 0.05) is 18.7 Å². The summed E-state index contributed by atoms with van der Waals surface area (Å²) in [6, 6.07) is 1.46. The molecule has 0 aliphatic carbocycles. The Morgan fingerprint density at radius 2 is 2.00 bits per heavy atom. The summed E-state index contributed by atoms with van der Waals surface area (Å²) >= 11 is 0. The summed E-state index contributed by atoms with van der Waals surface area (Å²) in [4.78, 5) is 12.1. The molecule has 0 spiro atoms. The molecular weight excluding hydrogens is 460 g/mol. The average Bonchev–Trinajstić information content (AvgIpc) is 3.38. The maximum atomic E-state index is 12.1. The van der Waals surface area contributed by atoms with E-state index in [4.69, 9.17) is 28.4 Å². The highest BCUT2D eigenvalue weighted by Crippen LogP contribution is 2.44. The van der Waals surface area contributed by atoms with Crippen molar-refractivity contribution in [2.45, 2.75) is 58.2 Å². The van der Waals surface area contributed by atoms with Crippen molar-refractivity contribution in [2.24, 2.45) is 5.92 Å². The molecule has 4 atom stereocenters. The van der Waals surface area contributed by atoms with Crippen molar-refractivity contribution in [3.63, 3.8) is 0 Å². The third kappa shape index (κ3) is 6.53. The molecule has 1 fully saturated rings. The van der Waals surface area contributed by atoms with Crippen molar-refractivity contribution in [3.05, 3.63) is 41.5 Å². The number of carbonyl (C=O) groups is 1. The summed E-state index contributed by atoms with van der Waals surface area (Å²) in [7, 11) is 1.43. The number of benzene rings is 1. The molecule has 35 heavy (non-hydrogen) atoms. The van der Waals surface area contributed by atoms with Gasteiger partial charge in [-0.05, 0) is 33.1 Å². The van der Waals surface area contributed by atoms with Crippen LogP contribution in [0.1, 0.15) is 50.0 Å². The maximum absolute atomic E-state index is 12.1. The van der Waals surface area contributed by atoms with Crippen LogP contribution in [0.4, 0.5) is 0 Å². The number of hydrogen-bond donors (Lipinski definition) is 3. The van der Waals surface area contributed by atoms with Crippen molar-refractivity contribution in [2.75, 3.05) is 20.7 Å². The Morgan fingerprint density at radius 1 is 1.26 bits per heavy atom. The predicted molar refractivity (Wildman–Crippen MR) is 125 cm³/mol. The van der Waals surface area contributed by atoms with Crippen LogP contribution in [-0.2, 0) is 14.2 Å². The molecule has 2 heterocycles. The second kappa shape index (κ2) is 11.4. The molecule has 10 nitrogen and oxygen atoms in total. The lowest BCUT2D eigenvalue weighted by molar-refractivity contribution is -0.147. The minimum absolute atomic E-state index is 0.0275. The maximum Gasteiger partial charge on any atom is 0.340 e. The number of carboxylic acids is 1. The molecule has 3 N–H and O–H groups in total. The topological polar surface area (TPSA) is 133 Å². The van der Waals surface area contributed by atoms with Gasteiger partial charge in [-0.2, -0.15) is 0 Å². The number of rotatable bonds is 11. The third-order valence-corrected chi connectivity index (χ3v) is 5.67. The molecule has 0 unspecified atom stereocenters. The molecule has 193 valence electrons. The fourth-order valence-electron chi connectivity index (χ4n) is 3.74. The van der Waals surface area contributed by atoms with Gasteiger partial charge in [0.05, 0.1) is 12.2 Å². The standard InChI is InChI=1S/C25H33O10/c1-14(15(2)26)9-10-17(27)23-18(34-25(3,4)35-23)8-6-7-16-21(24(28)29)19(31-12-30-5)11-20-22(16)33-13-32-20/h6-7,9-11,14-15,18,23,26-27H,8,12-13H2,1-5H3,(H,28,29)/b7-6+,10-9-/t14-,15-,18+,23+/m0/s1. The van der Waals surface area contributed by atoms with Gasteiger partial charge in [0.2, 0.25) is 6.79 Å². The van der Waals surface area contributed by atoms with Crippen molar-refractivity contribution in [1.29, 1.82) is 0 Å². The molecule has 1 aromatic rings. The molecule has 0 saturated carbocycles. The first-order valence-electron chi connectivity index (χ1n) is 11.3. The Bertz CT molecular complexity index is 952. The van der Waals surface area contributed by atoms with Crippen molar-refractivity contribution < 1.29 is 48.5 Å². The molecule has 1 radical (unpaired) electrons. The summed E-state index contributed by atoms with van der Waals surface area (Å²) in [5.74, 6) is -1.53. The van der Waals surface area contributed by atoms with Crippen molar-refractivity contribution >= 4 is 12.0 Å². The minimum atomic E-state index is -1.20. The van der Waals surface area contributed by atoms with E-state index in [0.29, 0.717) is 17.9 Å². The van der Waals surface area contributed by atoms with Gasteiger partial charge in [0.1, 0.15) is 23.5 Å². The van der Waals surface area contributed by atoms with Crippen molar-refractivity contribution in [1.82, 2.24) is 0 Å². The summed E-state index contributed by atoms with van der Waals surface area (Å²) in [5, 5.41) is 30.2. The van der Waals surface area contributed by atoms with Gasteiger partial charge in [0.25, 0.3) is 0 Å². The lowest BCUT2D eigenvalue weighted by Crippen LogP contribution is -2.28. The van der Waals surface area contributed by atoms with Gasteiger partial charge >= 0.3 is 5.97 Å². The minimum Gasteiger partial charge on any atom is -0.478 e. The van der Waals surface area contributed by atoms with Gasteiger partial charge in [-0.3, -0.25) is 0 Å². The van der Waals surface area contributed by atoms with Crippen LogP contribution >= 0.6 is 0 Å². The monoisotopic (exact) mass is 493 g/mol. The van der Waals surface area contributed by atoms with E-state index in [1.807, 2.05) is 6.92 Å². The lowest BCUT2D eigenvalue weighted by Gasteiger charge is -2.19. The lowest BCUT2D eigenvalue weighted by atomic mass is 9.99. The Balaban J connectivity index is 1.84. The van der Waals surface area contributed by atoms with Crippen LogP contribution < -0.4 is 14.2 Å². The van der Waals surface area contributed by atoms with Gasteiger partial charge in [-0.15, -0.1) is 0 Å². The Morgan fingerprint density at radius 3 is 2.66 bits per heavy atom. The SMILES string of the molecule is COCOc1cc2c(c(/C=C/C[C@H]3OC(C)(C)O[C@@H]3[C](O)/C=C\[C@H](C)[C@H](C)O)c1C(=O)O)OCO2. The van der Waals surface area contributed by atoms with E-state index >= 15 is 0 Å². The Labute approximate surface area is 204 Å². The summed E-state index contributed by atoms with van der Waals surface area (Å²) < 4.78 is 33.2. The van der Waals surface area contributed by atoms with Crippen molar-refractivity contribution in [3.8, 4) is 17.2 Å². The summed E-state index contributed by atoms with van der Waals surface area (Å²) in [5.41, 5.74) is 0.194. The van der Waals surface area contributed by atoms with E-state index in [2.05, 4.69) is 0 Å². The Kier molecular flexibility index (Phi) is 8.79. The molecule has 2 aliphatic heterocycles. The van der Waals surface area contributed by atoms with Crippen LogP contribution in [0.25, 0.3) is 6.08 Å². The first kappa shape index (κ1) is 27.0. The number of aromatic carboxylic acids is 1. The van der Waals surface area contributed by atoms with Gasteiger partial charge in [-0.1, -0.05) is 31.2 Å². The molecule has 10 heteroatoms. The molecule has 3 rings (SSSR count). The number of fused-ring (bicyclic) bond motifs is 1. The van der Waals surface area contributed by atoms with Gasteiger partial charge in [0.15, 0.2) is 24.1 Å². The average molecular weight is 494 g/mol. The van der Waals surface area contributed by atoms with E-state index < -0.39 is 30.1 Å². The van der Waals surface area contributed by atoms with Crippen LogP contribution in [0.15, 0.2) is 24.3 Å². The highest BCUT2D eigenvalue weighted by atomic mass is 16.8. The molecule has 1 saturated heterocycles. The normalized spacial score (nSPS) is 22.9. The summed E-state index contributed by atoms with van der Waals surface area (Å²) in [6.45, 7) is 6.82. The van der Waals surface area contributed by atoms with Crippen LogP contribution in [0, 0.1) is 12.0 Å². The predicted octanol–water partition coefficient (Wildman–Crippen LogP) is 3.50. The zero-order chi connectivity index (χ0) is 25.8. The fourth-order valence-corrected chi connectivity index (χ4v) is 3.74. The smallest absolute Gasteiger partial charge is 0.340 e. The summed E-state index contributed by atoms with van der Waals surface area (Å²) in [6.07, 6.45) is 4.97. The number of ether oxygens (including phenoxy) is 6. The molecule has 0 aromatic heterocycles. The van der Waals surface area contributed by atoms with E-state index in [1.54, 1.807) is 39.0 Å². The second-order valence-corrected chi connectivity index (χ2v) is 8.87. The van der Waals surface area contributed by atoms with Gasteiger partial charge < -0.3 is 43.7 Å². The zero-order valence-electron chi connectivity index (χ0n) is 20.5. The number of aliphatic hydroxyl groups excluding tert-OH is 2. The quantitative estimate of drug-likeness (QED) is 0.393. The number of carboxylic acid groups (broad SMARTS) is 1. The van der Waals surface area contributed by atoms with Crippen LogP contribution in [0.3, 0.4) is 0 Å². The Hall–Kier alpha value is -2.63.